The molecule has 2 heterocycles. The summed E-state index contributed by atoms with van der Waals surface area (Å²) < 4.78 is 18.0. The Labute approximate surface area is 135 Å². The number of halogens is 2. The van der Waals surface area contributed by atoms with Crippen LogP contribution in [0.5, 0.6) is 0 Å². The molecule has 120 valence electrons. The molecular formula is C15H20ClFN4O. The molecule has 7 heteroatoms. The first kappa shape index (κ1) is 16.9. The van der Waals surface area contributed by atoms with Gasteiger partial charge in [-0.25, -0.2) is 4.39 Å². The van der Waals surface area contributed by atoms with Gasteiger partial charge in [0.1, 0.15) is 5.82 Å². The van der Waals surface area contributed by atoms with Gasteiger partial charge in [-0.05, 0) is 43.5 Å². The molecule has 0 bridgehead atoms. The zero-order valence-corrected chi connectivity index (χ0v) is 13.1. The van der Waals surface area contributed by atoms with Crippen molar-refractivity contribution in [3.63, 3.8) is 0 Å². The average Bonchev–Trinajstić information content (AvgIpc) is 3.12. The number of rotatable bonds is 5. The minimum absolute atomic E-state index is 0. The fourth-order valence-electron chi connectivity index (χ4n) is 2.85. The van der Waals surface area contributed by atoms with Gasteiger partial charge in [0.05, 0.1) is 13.1 Å². The second kappa shape index (κ2) is 7.67. The van der Waals surface area contributed by atoms with Gasteiger partial charge >= 0.3 is 0 Å². The minimum Gasteiger partial charge on any atom is -0.338 e. The fraction of sp³-hybridized carbons (Fsp3) is 0.467. The van der Waals surface area contributed by atoms with Crippen LogP contribution in [0.4, 0.5) is 4.39 Å². The molecule has 2 aromatic rings. The molecule has 1 fully saturated rings. The molecule has 2 N–H and O–H groups in total. The molecule has 1 aliphatic rings. The first-order valence-corrected chi connectivity index (χ1v) is 7.24. The van der Waals surface area contributed by atoms with Gasteiger partial charge in [-0.1, -0.05) is 17.3 Å². The summed E-state index contributed by atoms with van der Waals surface area (Å²) in [7, 11) is 0. The molecule has 0 aliphatic carbocycles. The highest BCUT2D eigenvalue weighted by molar-refractivity contribution is 5.85. The standard InChI is InChI=1S/C15H19FN4O.ClH/c16-12-5-3-11(4-6-12)8-13-2-1-7-20(13)10-14-18-15(9-17)21-19-14;/h3-6,13H,1-2,7-10,17H2;1H. The number of hydrogen-bond acceptors (Lipinski definition) is 5. The Balaban J connectivity index is 0.00000176. The van der Waals surface area contributed by atoms with Gasteiger partial charge in [0, 0.05) is 6.04 Å². The van der Waals surface area contributed by atoms with E-state index in [0.717, 1.165) is 31.4 Å². The van der Waals surface area contributed by atoms with Crippen LogP contribution in [-0.4, -0.2) is 27.6 Å². The summed E-state index contributed by atoms with van der Waals surface area (Å²) in [6, 6.07) is 7.18. The lowest BCUT2D eigenvalue weighted by Gasteiger charge is -2.23. The van der Waals surface area contributed by atoms with Crippen LogP contribution in [0.2, 0.25) is 0 Å². The number of nitrogens with two attached hydrogens (primary N) is 1. The van der Waals surface area contributed by atoms with Crippen LogP contribution in [0.1, 0.15) is 30.1 Å². The topological polar surface area (TPSA) is 68.2 Å². The fourth-order valence-corrected chi connectivity index (χ4v) is 2.85. The van der Waals surface area contributed by atoms with E-state index in [1.807, 2.05) is 12.1 Å². The van der Waals surface area contributed by atoms with Crippen molar-refractivity contribution in [2.45, 2.75) is 38.4 Å². The molecule has 1 saturated heterocycles. The quantitative estimate of drug-likeness (QED) is 0.913. The molecule has 1 aliphatic heterocycles. The maximum Gasteiger partial charge on any atom is 0.240 e. The molecule has 1 atom stereocenters. The predicted molar refractivity (Wildman–Crippen MR) is 83.0 cm³/mol. The average molecular weight is 327 g/mol. The second-order valence-electron chi connectivity index (χ2n) is 5.41. The molecule has 0 amide bonds. The molecule has 1 aromatic carbocycles. The third kappa shape index (κ3) is 4.03. The lowest BCUT2D eigenvalue weighted by molar-refractivity contribution is 0.234. The van der Waals surface area contributed by atoms with E-state index in [0.29, 0.717) is 24.3 Å². The maximum absolute atomic E-state index is 13.0. The van der Waals surface area contributed by atoms with E-state index in [2.05, 4.69) is 15.0 Å². The van der Waals surface area contributed by atoms with Crippen molar-refractivity contribution in [1.29, 1.82) is 0 Å². The van der Waals surface area contributed by atoms with Gasteiger partial charge < -0.3 is 10.3 Å². The van der Waals surface area contributed by atoms with E-state index < -0.39 is 0 Å². The van der Waals surface area contributed by atoms with Crippen molar-refractivity contribution in [1.82, 2.24) is 15.0 Å². The lowest BCUT2D eigenvalue weighted by Crippen LogP contribution is -2.31. The van der Waals surface area contributed by atoms with Crippen molar-refractivity contribution < 1.29 is 8.91 Å². The molecule has 0 saturated carbocycles. The Bertz CT molecular complexity index is 589. The molecular weight excluding hydrogens is 307 g/mol. The van der Waals surface area contributed by atoms with E-state index in [9.17, 15) is 4.39 Å². The SMILES string of the molecule is Cl.NCc1nc(CN2CCCC2Cc2ccc(F)cc2)no1. The number of likely N-dealkylation sites (tertiary alicyclic amines) is 1. The molecule has 0 radical (unpaired) electrons. The normalized spacial score (nSPS) is 18.4. The van der Waals surface area contributed by atoms with E-state index in [4.69, 9.17) is 10.3 Å². The second-order valence-corrected chi connectivity index (χ2v) is 5.41. The van der Waals surface area contributed by atoms with E-state index in [1.165, 1.54) is 12.1 Å². The summed E-state index contributed by atoms with van der Waals surface area (Å²) in [6.45, 7) is 1.97. The summed E-state index contributed by atoms with van der Waals surface area (Å²) in [5.41, 5.74) is 6.63. The van der Waals surface area contributed by atoms with Gasteiger partial charge in [0.15, 0.2) is 5.82 Å². The highest BCUT2D eigenvalue weighted by Crippen LogP contribution is 2.22. The Morgan fingerprint density at radius 1 is 1.32 bits per heavy atom. The van der Waals surface area contributed by atoms with Crippen LogP contribution < -0.4 is 5.73 Å². The number of benzene rings is 1. The Morgan fingerprint density at radius 3 is 2.77 bits per heavy atom. The van der Waals surface area contributed by atoms with Crippen molar-refractivity contribution in [2.24, 2.45) is 5.73 Å². The Kier molecular flexibility index (Phi) is 5.88. The van der Waals surface area contributed by atoms with Crippen LogP contribution in [0.3, 0.4) is 0 Å². The Morgan fingerprint density at radius 2 is 2.09 bits per heavy atom. The molecule has 3 rings (SSSR count). The molecule has 22 heavy (non-hydrogen) atoms. The van der Waals surface area contributed by atoms with E-state index in [-0.39, 0.29) is 24.8 Å². The van der Waals surface area contributed by atoms with Crippen molar-refractivity contribution in [3.05, 3.63) is 47.4 Å². The van der Waals surface area contributed by atoms with Gasteiger partial charge in [0.2, 0.25) is 5.89 Å². The predicted octanol–water partition coefficient (Wildman–Crippen LogP) is 2.30. The van der Waals surface area contributed by atoms with Crippen LogP contribution in [0.15, 0.2) is 28.8 Å². The monoisotopic (exact) mass is 326 g/mol. The van der Waals surface area contributed by atoms with Crippen LogP contribution in [0.25, 0.3) is 0 Å². The maximum atomic E-state index is 13.0. The number of nitrogens with zero attached hydrogens (tertiary/aromatic N) is 3. The number of aromatic nitrogens is 2. The minimum atomic E-state index is -0.192. The van der Waals surface area contributed by atoms with Gasteiger partial charge in [-0.2, -0.15) is 4.98 Å². The first-order chi connectivity index (χ1) is 10.2. The zero-order valence-electron chi connectivity index (χ0n) is 12.2. The summed E-state index contributed by atoms with van der Waals surface area (Å²) in [5.74, 6) is 0.962. The zero-order chi connectivity index (χ0) is 14.7. The van der Waals surface area contributed by atoms with Gasteiger partial charge in [-0.15, -0.1) is 12.4 Å². The number of hydrogen-bond donors (Lipinski definition) is 1. The molecule has 0 spiro atoms. The third-order valence-corrected chi connectivity index (χ3v) is 3.91. The third-order valence-electron chi connectivity index (χ3n) is 3.91. The molecule has 1 unspecified atom stereocenters. The molecule has 5 nitrogen and oxygen atoms in total. The van der Waals surface area contributed by atoms with E-state index in [1.54, 1.807) is 0 Å². The van der Waals surface area contributed by atoms with Gasteiger partial charge in [-0.3, -0.25) is 4.90 Å². The highest BCUT2D eigenvalue weighted by Gasteiger charge is 2.26. The van der Waals surface area contributed by atoms with Crippen molar-refractivity contribution in [3.8, 4) is 0 Å². The summed E-state index contributed by atoms with van der Waals surface area (Å²) in [6.07, 6.45) is 3.22. The van der Waals surface area contributed by atoms with Crippen LogP contribution in [0, 0.1) is 5.82 Å². The van der Waals surface area contributed by atoms with Crippen molar-refractivity contribution in [2.75, 3.05) is 6.54 Å². The highest BCUT2D eigenvalue weighted by atomic mass is 35.5. The summed E-state index contributed by atoms with van der Waals surface area (Å²) in [4.78, 5) is 6.61. The van der Waals surface area contributed by atoms with Gasteiger partial charge in [0.25, 0.3) is 0 Å². The van der Waals surface area contributed by atoms with E-state index >= 15 is 0 Å². The Hall–Kier alpha value is -1.50. The molecule has 1 aromatic heterocycles. The van der Waals surface area contributed by atoms with Crippen LogP contribution >= 0.6 is 12.4 Å². The summed E-state index contributed by atoms with van der Waals surface area (Å²) in [5, 5.41) is 3.95. The largest absolute Gasteiger partial charge is 0.338 e. The smallest absolute Gasteiger partial charge is 0.240 e. The summed E-state index contributed by atoms with van der Waals surface area (Å²) >= 11 is 0. The lowest BCUT2D eigenvalue weighted by atomic mass is 10.0. The van der Waals surface area contributed by atoms with Crippen molar-refractivity contribution >= 4 is 12.4 Å². The van der Waals surface area contributed by atoms with Crippen LogP contribution in [-0.2, 0) is 19.5 Å². The first-order valence-electron chi connectivity index (χ1n) is 7.24.